The summed E-state index contributed by atoms with van der Waals surface area (Å²) in [4.78, 5) is 5.02. The maximum absolute atomic E-state index is 5.40. The van der Waals surface area contributed by atoms with Crippen LogP contribution in [-0.2, 0) is 9.46 Å². The number of unbranched alkanes of at least 4 members (excludes halogenated alkanes) is 1. The Balaban J connectivity index is 3.32. The second-order valence-corrected chi connectivity index (χ2v) is 8.43. The quantitative estimate of drug-likeness (QED) is 0.260. The van der Waals surface area contributed by atoms with E-state index >= 15 is 0 Å². The molecular formula is C10H26N2O2Si. The highest BCUT2D eigenvalue weighted by molar-refractivity contribution is 6.70. The first-order valence-electron chi connectivity index (χ1n) is 5.84. The van der Waals surface area contributed by atoms with E-state index in [4.69, 9.17) is 15.2 Å². The Kier molecular flexibility index (Phi) is 9.33. The Labute approximate surface area is 94.6 Å². The predicted molar refractivity (Wildman–Crippen MR) is 66.2 cm³/mol. The zero-order valence-electron chi connectivity index (χ0n) is 10.3. The summed E-state index contributed by atoms with van der Waals surface area (Å²) in [7, 11) is -1.57. The first-order chi connectivity index (χ1) is 7.12. The molecule has 0 aliphatic rings. The highest BCUT2D eigenvalue weighted by Crippen LogP contribution is 2.15. The Hall–Kier alpha value is 0.0569. The van der Waals surface area contributed by atoms with E-state index < -0.39 is 8.32 Å². The molecule has 0 aromatic rings. The van der Waals surface area contributed by atoms with Crippen molar-refractivity contribution >= 4 is 8.32 Å². The van der Waals surface area contributed by atoms with Crippen LogP contribution < -0.4 is 11.1 Å². The third-order valence-corrected chi connectivity index (χ3v) is 4.23. The van der Waals surface area contributed by atoms with Gasteiger partial charge >= 0.3 is 0 Å². The molecule has 0 atom stereocenters. The van der Waals surface area contributed by atoms with Crippen molar-refractivity contribution in [1.82, 2.24) is 5.32 Å². The lowest BCUT2D eigenvalue weighted by Gasteiger charge is -2.20. The van der Waals surface area contributed by atoms with E-state index in [1.807, 2.05) is 6.92 Å². The summed E-state index contributed by atoms with van der Waals surface area (Å²) in [5.41, 5.74) is 5.38. The smallest absolute Gasteiger partial charge is 0.233 e. The lowest BCUT2D eigenvalue weighted by Crippen LogP contribution is -2.30. The van der Waals surface area contributed by atoms with Crippen LogP contribution >= 0.6 is 0 Å². The summed E-state index contributed by atoms with van der Waals surface area (Å²) in [6.45, 7) is 9.64. The summed E-state index contributed by atoms with van der Waals surface area (Å²) >= 11 is 0. The molecule has 92 valence electrons. The van der Waals surface area contributed by atoms with Gasteiger partial charge < -0.3 is 11.1 Å². The number of hydrogen-bond donors (Lipinski definition) is 2. The molecule has 0 radical (unpaired) electrons. The first-order valence-corrected chi connectivity index (χ1v) is 8.95. The van der Waals surface area contributed by atoms with E-state index in [1.165, 1.54) is 12.8 Å². The Morgan fingerprint density at radius 1 is 1.20 bits per heavy atom. The summed E-state index contributed by atoms with van der Waals surface area (Å²) in [6.07, 6.45) is 2.38. The minimum Gasteiger partial charge on any atom is -0.329 e. The highest BCUT2D eigenvalue weighted by Gasteiger charge is 2.23. The Morgan fingerprint density at radius 3 is 2.53 bits per heavy atom. The summed E-state index contributed by atoms with van der Waals surface area (Å²) in [6, 6.07) is 1.15. The summed E-state index contributed by atoms with van der Waals surface area (Å²) in [5.74, 6) is 0. The van der Waals surface area contributed by atoms with Crippen LogP contribution in [0.2, 0.25) is 19.1 Å². The van der Waals surface area contributed by atoms with Gasteiger partial charge in [0.15, 0.2) is 0 Å². The van der Waals surface area contributed by atoms with Gasteiger partial charge in [0.1, 0.15) is 0 Å². The molecule has 0 saturated heterocycles. The molecule has 0 aliphatic heterocycles. The maximum Gasteiger partial charge on any atom is 0.233 e. The van der Waals surface area contributed by atoms with Gasteiger partial charge in [-0.25, -0.2) is 4.89 Å². The van der Waals surface area contributed by atoms with Crippen molar-refractivity contribution < 1.29 is 9.46 Å². The van der Waals surface area contributed by atoms with Gasteiger partial charge in [0.25, 0.3) is 0 Å². The van der Waals surface area contributed by atoms with Gasteiger partial charge in [-0.15, -0.1) is 0 Å². The monoisotopic (exact) mass is 234 g/mol. The molecule has 0 unspecified atom stereocenters. The predicted octanol–water partition coefficient (Wildman–Crippen LogP) is 1.49. The normalized spacial score (nSPS) is 12.0. The van der Waals surface area contributed by atoms with Crippen LogP contribution in [0.5, 0.6) is 0 Å². The first kappa shape index (κ1) is 15.1. The number of nitrogens with one attached hydrogen (secondary N) is 1. The van der Waals surface area contributed by atoms with Crippen molar-refractivity contribution in [2.24, 2.45) is 5.73 Å². The van der Waals surface area contributed by atoms with Crippen molar-refractivity contribution in [3.05, 3.63) is 0 Å². The molecule has 0 heterocycles. The van der Waals surface area contributed by atoms with Crippen LogP contribution in [0.4, 0.5) is 0 Å². The molecule has 0 rings (SSSR count). The molecule has 3 N–H and O–H groups in total. The lowest BCUT2D eigenvalue weighted by molar-refractivity contribution is -0.213. The highest BCUT2D eigenvalue weighted by atomic mass is 28.4. The third kappa shape index (κ3) is 10.3. The fourth-order valence-corrected chi connectivity index (χ4v) is 2.91. The average molecular weight is 234 g/mol. The molecule has 0 aliphatic carbocycles. The van der Waals surface area contributed by atoms with Crippen LogP contribution in [-0.4, -0.2) is 34.6 Å². The summed E-state index contributed by atoms with van der Waals surface area (Å²) in [5, 5.41) is 3.28. The van der Waals surface area contributed by atoms with E-state index in [9.17, 15) is 0 Å². The van der Waals surface area contributed by atoms with Crippen LogP contribution in [0, 0.1) is 0 Å². The molecule has 4 nitrogen and oxygen atoms in total. The van der Waals surface area contributed by atoms with E-state index in [0.717, 1.165) is 19.1 Å². The SMILES string of the molecule is CCOO[Si](C)(C)CCCCNCCN. The van der Waals surface area contributed by atoms with Crippen LogP contribution in [0.25, 0.3) is 0 Å². The molecule has 0 aromatic carbocycles. The molecule has 0 spiro atoms. The van der Waals surface area contributed by atoms with Crippen molar-refractivity contribution in [2.45, 2.75) is 38.9 Å². The molecule has 0 amide bonds. The van der Waals surface area contributed by atoms with Crippen LogP contribution in [0.3, 0.4) is 0 Å². The van der Waals surface area contributed by atoms with Gasteiger partial charge in [0, 0.05) is 13.1 Å². The average Bonchev–Trinajstić information content (AvgIpc) is 2.20. The van der Waals surface area contributed by atoms with Crippen molar-refractivity contribution in [3.8, 4) is 0 Å². The van der Waals surface area contributed by atoms with E-state index in [1.54, 1.807) is 0 Å². The number of hydrogen-bond acceptors (Lipinski definition) is 4. The van der Waals surface area contributed by atoms with Crippen LogP contribution in [0.15, 0.2) is 0 Å². The zero-order valence-corrected chi connectivity index (χ0v) is 11.3. The molecule has 0 aromatic heterocycles. The topological polar surface area (TPSA) is 56.5 Å². The lowest BCUT2D eigenvalue weighted by atomic mass is 10.3. The van der Waals surface area contributed by atoms with E-state index in [0.29, 0.717) is 13.2 Å². The van der Waals surface area contributed by atoms with Gasteiger partial charge in [-0.3, -0.25) is 4.58 Å². The summed E-state index contributed by atoms with van der Waals surface area (Å²) < 4.78 is 5.40. The van der Waals surface area contributed by atoms with Crippen molar-refractivity contribution in [2.75, 3.05) is 26.2 Å². The maximum atomic E-state index is 5.40. The van der Waals surface area contributed by atoms with Gasteiger partial charge in [-0.1, -0.05) is 6.42 Å². The number of rotatable bonds is 10. The Morgan fingerprint density at radius 2 is 1.93 bits per heavy atom. The van der Waals surface area contributed by atoms with Crippen molar-refractivity contribution in [1.29, 1.82) is 0 Å². The van der Waals surface area contributed by atoms with Crippen molar-refractivity contribution in [3.63, 3.8) is 0 Å². The van der Waals surface area contributed by atoms with Gasteiger partial charge in [-0.2, -0.15) is 0 Å². The third-order valence-electron chi connectivity index (χ3n) is 2.11. The second kappa shape index (κ2) is 9.29. The molecule has 15 heavy (non-hydrogen) atoms. The molecule has 0 bridgehead atoms. The van der Waals surface area contributed by atoms with E-state index in [-0.39, 0.29) is 0 Å². The minimum absolute atomic E-state index is 0.633. The second-order valence-electron chi connectivity index (χ2n) is 4.25. The van der Waals surface area contributed by atoms with Gasteiger partial charge in [-0.05, 0) is 39.0 Å². The largest absolute Gasteiger partial charge is 0.329 e. The Bertz CT molecular complexity index is 145. The van der Waals surface area contributed by atoms with Gasteiger partial charge in [0.05, 0.1) is 6.61 Å². The minimum atomic E-state index is -1.57. The molecular weight excluding hydrogens is 208 g/mol. The van der Waals surface area contributed by atoms with E-state index in [2.05, 4.69) is 18.4 Å². The molecule has 5 heteroatoms. The zero-order chi connectivity index (χ0) is 11.6. The molecule has 0 saturated carbocycles. The number of nitrogens with two attached hydrogens (primary N) is 1. The van der Waals surface area contributed by atoms with Crippen LogP contribution in [0.1, 0.15) is 19.8 Å². The fourth-order valence-electron chi connectivity index (χ4n) is 1.29. The standard InChI is InChI=1S/C10H26N2O2Si/c1-4-13-14-15(2,3)10-6-5-8-12-9-7-11/h12H,4-11H2,1-3H3. The molecule has 0 fully saturated rings. The fraction of sp³-hybridized carbons (Fsp3) is 1.00. The van der Waals surface area contributed by atoms with Gasteiger partial charge in [0.2, 0.25) is 8.32 Å².